The first-order valence-electron chi connectivity index (χ1n) is 3.61. The molecule has 2 radical (unpaired) electrons. The van der Waals surface area contributed by atoms with Crippen molar-refractivity contribution < 1.29 is 5.11 Å². The minimum atomic E-state index is 0.0853. The number of aliphatic hydroxyl groups excluding tert-OH is 1. The van der Waals surface area contributed by atoms with Gasteiger partial charge in [-0.05, 0) is 19.4 Å². The van der Waals surface area contributed by atoms with Crippen molar-refractivity contribution in [1.82, 2.24) is 0 Å². The normalized spacial score (nSPS) is 10.1. The van der Waals surface area contributed by atoms with E-state index in [1.807, 2.05) is 26.0 Å². The number of hydrogen-bond acceptors (Lipinski definition) is 1. The second-order valence-electron chi connectivity index (χ2n) is 2.80. The molecule has 1 aromatic rings. The zero-order valence-corrected chi connectivity index (χ0v) is 6.89. The molecule has 0 aliphatic rings. The highest BCUT2D eigenvalue weighted by atomic mass is 16.3. The maximum absolute atomic E-state index is 8.84. The van der Waals surface area contributed by atoms with Gasteiger partial charge in [0.1, 0.15) is 7.85 Å². The van der Waals surface area contributed by atoms with Crippen LogP contribution in [0.5, 0.6) is 0 Å². The van der Waals surface area contributed by atoms with Crippen LogP contribution in [-0.2, 0) is 6.61 Å². The Kier molecular flexibility index (Phi) is 2.35. The molecule has 0 amide bonds. The fraction of sp³-hybridized carbons (Fsp3) is 0.333. The third-order valence-corrected chi connectivity index (χ3v) is 1.84. The molecule has 0 saturated carbocycles. The summed E-state index contributed by atoms with van der Waals surface area (Å²) in [6, 6.07) is 3.81. The van der Waals surface area contributed by atoms with E-state index in [0.29, 0.717) is 0 Å². The summed E-state index contributed by atoms with van der Waals surface area (Å²) in [5.74, 6) is 0. The third kappa shape index (κ3) is 1.63. The van der Waals surface area contributed by atoms with Crippen LogP contribution >= 0.6 is 0 Å². The van der Waals surface area contributed by atoms with Crippen LogP contribution in [0.1, 0.15) is 16.7 Å². The third-order valence-electron chi connectivity index (χ3n) is 1.84. The Bertz CT molecular complexity index is 245. The molecule has 0 aliphatic carbocycles. The zero-order chi connectivity index (χ0) is 8.43. The highest BCUT2D eigenvalue weighted by Crippen LogP contribution is 2.05. The van der Waals surface area contributed by atoms with Crippen LogP contribution in [-0.4, -0.2) is 13.0 Å². The molecule has 0 bridgehead atoms. The van der Waals surface area contributed by atoms with Crippen LogP contribution in [0, 0.1) is 13.8 Å². The van der Waals surface area contributed by atoms with E-state index in [2.05, 4.69) is 0 Å². The Balaban J connectivity index is 3.21. The quantitative estimate of drug-likeness (QED) is 0.575. The van der Waals surface area contributed by atoms with E-state index in [0.717, 1.165) is 22.2 Å². The minimum absolute atomic E-state index is 0.0853. The molecule has 0 spiro atoms. The Morgan fingerprint density at radius 1 is 1.27 bits per heavy atom. The van der Waals surface area contributed by atoms with Gasteiger partial charge < -0.3 is 5.11 Å². The zero-order valence-electron chi connectivity index (χ0n) is 6.89. The molecule has 56 valence electrons. The van der Waals surface area contributed by atoms with Gasteiger partial charge >= 0.3 is 0 Å². The van der Waals surface area contributed by atoms with Crippen molar-refractivity contribution in [1.29, 1.82) is 0 Å². The van der Waals surface area contributed by atoms with Crippen LogP contribution in [0.3, 0.4) is 0 Å². The highest BCUT2D eigenvalue weighted by Gasteiger charge is 1.98. The van der Waals surface area contributed by atoms with E-state index in [9.17, 15) is 0 Å². The van der Waals surface area contributed by atoms with E-state index in [1.165, 1.54) is 0 Å². The van der Waals surface area contributed by atoms with Crippen LogP contribution < -0.4 is 5.46 Å². The van der Waals surface area contributed by atoms with Gasteiger partial charge in [-0.2, -0.15) is 0 Å². The van der Waals surface area contributed by atoms with Gasteiger partial charge in [0.15, 0.2) is 0 Å². The second-order valence-corrected chi connectivity index (χ2v) is 2.80. The number of rotatable bonds is 1. The Morgan fingerprint density at radius 3 is 2.09 bits per heavy atom. The molecule has 0 aromatic heterocycles. The lowest BCUT2D eigenvalue weighted by Crippen LogP contribution is -2.12. The lowest BCUT2D eigenvalue weighted by Gasteiger charge is -2.06. The van der Waals surface area contributed by atoms with Crippen molar-refractivity contribution in [2.24, 2.45) is 0 Å². The summed E-state index contributed by atoms with van der Waals surface area (Å²) in [6.45, 7) is 3.98. The van der Waals surface area contributed by atoms with Crippen molar-refractivity contribution in [2.45, 2.75) is 20.5 Å². The Hall–Kier alpha value is -0.755. The van der Waals surface area contributed by atoms with Gasteiger partial charge in [-0.1, -0.05) is 28.7 Å². The summed E-state index contributed by atoms with van der Waals surface area (Å²) in [7, 11) is 5.72. The molecule has 1 aromatic carbocycles. The molecular weight excluding hydrogens is 135 g/mol. The SMILES string of the molecule is [B]c1c(C)cc(CO)cc1C. The number of benzene rings is 1. The predicted molar refractivity (Wildman–Crippen MR) is 47.2 cm³/mol. The molecule has 0 aliphatic heterocycles. The van der Waals surface area contributed by atoms with Gasteiger partial charge in [0.2, 0.25) is 0 Å². The van der Waals surface area contributed by atoms with Crippen LogP contribution in [0.2, 0.25) is 0 Å². The average molecular weight is 146 g/mol. The first kappa shape index (κ1) is 8.34. The summed E-state index contributed by atoms with van der Waals surface area (Å²) in [5.41, 5.74) is 3.82. The van der Waals surface area contributed by atoms with Crippen molar-refractivity contribution in [2.75, 3.05) is 0 Å². The number of aliphatic hydroxyl groups is 1. The summed E-state index contributed by atoms with van der Waals surface area (Å²) < 4.78 is 0. The molecular formula is C9H11BO. The van der Waals surface area contributed by atoms with Crippen LogP contribution in [0.4, 0.5) is 0 Å². The van der Waals surface area contributed by atoms with Crippen molar-refractivity contribution in [3.63, 3.8) is 0 Å². The molecule has 0 heterocycles. The second kappa shape index (κ2) is 3.10. The van der Waals surface area contributed by atoms with Gasteiger partial charge in [0.05, 0.1) is 6.61 Å². The highest BCUT2D eigenvalue weighted by molar-refractivity contribution is 6.34. The summed E-state index contributed by atoms with van der Waals surface area (Å²) in [6.07, 6.45) is 0. The Morgan fingerprint density at radius 2 is 1.73 bits per heavy atom. The predicted octanol–water partition coefficient (Wildman–Crippen LogP) is 0.590. The van der Waals surface area contributed by atoms with E-state index >= 15 is 0 Å². The van der Waals surface area contributed by atoms with Crippen LogP contribution in [0.25, 0.3) is 0 Å². The first-order valence-corrected chi connectivity index (χ1v) is 3.61. The maximum Gasteiger partial charge on any atom is 0.114 e. The molecule has 11 heavy (non-hydrogen) atoms. The molecule has 2 heteroatoms. The average Bonchev–Trinajstić information content (AvgIpc) is 1.99. The van der Waals surface area contributed by atoms with Crippen molar-refractivity contribution in [3.8, 4) is 0 Å². The van der Waals surface area contributed by atoms with Crippen molar-refractivity contribution in [3.05, 3.63) is 28.8 Å². The lowest BCUT2D eigenvalue weighted by molar-refractivity contribution is 0.281. The van der Waals surface area contributed by atoms with Crippen LogP contribution in [0.15, 0.2) is 12.1 Å². The topological polar surface area (TPSA) is 20.2 Å². The molecule has 0 atom stereocenters. The molecule has 1 rings (SSSR count). The Labute approximate surface area is 68.5 Å². The molecule has 1 nitrogen and oxygen atoms in total. The number of aryl methyl sites for hydroxylation is 2. The first-order chi connectivity index (χ1) is 5.15. The van der Waals surface area contributed by atoms with E-state index in [-0.39, 0.29) is 6.61 Å². The summed E-state index contributed by atoms with van der Waals surface area (Å²) >= 11 is 0. The lowest BCUT2D eigenvalue weighted by atomic mass is 9.86. The molecule has 0 saturated heterocycles. The van der Waals surface area contributed by atoms with E-state index in [4.69, 9.17) is 13.0 Å². The minimum Gasteiger partial charge on any atom is -0.392 e. The number of hydrogen-bond donors (Lipinski definition) is 1. The fourth-order valence-corrected chi connectivity index (χ4v) is 1.16. The smallest absolute Gasteiger partial charge is 0.114 e. The summed E-state index contributed by atoms with van der Waals surface area (Å²) in [5, 5.41) is 8.84. The van der Waals surface area contributed by atoms with Gasteiger partial charge in [-0.25, -0.2) is 0 Å². The molecule has 1 N–H and O–H groups in total. The monoisotopic (exact) mass is 146 g/mol. The standard InChI is InChI=1S/C9H11BO/c1-6-3-8(5-11)4-7(2)9(6)10/h3-4,11H,5H2,1-2H3. The van der Waals surface area contributed by atoms with Crippen molar-refractivity contribution >= 4 is 13.3 Å². The van der Waals surface area contributed by atoms with E-state index < -0.39 is 0 Å². The largest absolute Gasteiger partial charge is 0.392 e. The maximum atomic E-state index is 8.84. The molecule has 0 unspecified atom stereocenters. The molecule has 0 fully saturated rings. The van der Waals surface area contributed by atoms with Gasteiger partial charge in [-0.3, -0.25) is 0 Å². The van der Waals surface area contributed by atoms with Gasteiger partial charge in [-0.15, -0.1) is 0 Å². The van der Waals surface area contributed by atoms with E-state index in [1.54, 1.807) is 0 Å². The fourth-order valence-electron chi connectivity index (χ4n) is 1.16. The summed E-state index contributed by atoms with van der Waals surface area (Å²) in [4.78, 5) is 0. The van der Waals surface area contributed by atoms with Gasteiger partial charge in [0, 0.05) is 0 Å². The van der Waals surface area contributed by atoms with Gasteiger partial charge in [0.25, 0.3) is 0 Å².